The molecule has 0 amide bonds. The summed E-state index contributed by atoms with van der Waals surface area (Å²) in [6.07, 6.45) is 0. The molecule has 1 atom stereocenters. The first-order valence-electron chi connectivity index (χ1n) is 6.03. The van der Waals surface area contributed by atoms with E-state index in [0.717, 1.165) is 24.9 Å². The van der Waals surface area contributed by atoms with Crippen LogP contribution in [0.3, 0.4) is 0 Å². The van der Waals surface area contributed by atoms with Crippen LogP contribution in [-0.4, -0.2) is 37.6 Å². The quantitative estimate of drug-likeness (QED) is 0.646. The average Bonchev–Trinajstić information content (AvgIpc) is 2.12. The molecule has 1 unspecified atom stereocenters. The maximum absolute atomic E-state index is 3.40. The van der Waals surface area contributed by atoms with E-state index in [1.807, 2.05) is 0 Å². The molecule has 0 heterocycles. The van der Waals surface area contributed by atoms with Gasteiger partial charge in [0.15, 0.2) is 0 Å². The van der Waals surface area contributed by atoms with Crippen LogP contribution in [0.5, 0.6) is 0 Å². The monoisotopic (exact) mass is 200 g/mol. The summed E-state index contributed by atoms with van der Waals surface area (Å²) < 4.78 is 0. The van der Waals surface area contributed by atoms with Gasteiger partial charge in [0.25, 0.3) is 0 Å². The van der Waals surface area contributed by atoms with E-state index in [0.29, 0.717) is 0 Å². The molecule has 0 spiro atoms. The molecule has 0 saturated carbocycles. The minimum atomic E-state index is 0.758. The molecule has 0 bridgehead atoms. The van der Waals surface area contributed by atoms with Crippen LogP contribution in [0.1, 0.15) is 34.6 Å². The summed E-state index contributed by atoms with van der Waals surface area (Å²) in [6, 6.07) is 0. The van der Waals surface area contributed by atoms with E-state index in [9.17, 15) is 0 Å². The van der Waals surface area contributed by atoms with E-state index < -0.39 is 0 Å². The number of hydrogen-bond acceptors (Lipinski definition) is 2. The van der Waals surface area contributed by atoms with E-state index in [-0.39, 0.29) is 0 Å². The van der Waals surface area contributed by atoms with Crippen molar-refractivity contribution in [2.45, 2.75) is 34.6 Å². The summed E-state index contributed by atoms with van der Waals surface area (Å²) in [6.45, 7) is 17.2. The van der Waals surface area contributed by atoms with Crippen LogP contribution < -0.4 is 5.32 Å². The minimum absolute atomic E-state index is 0.758. The zero-order valence-corrected chi connectivity index (χ0v) is 10.6. The molecule has 86 valence electrons. The fraction of sp³-hybridized carbons (Fsp3) is 1.00. The summed E-state index contributed by atoms with van der Waals surface area (Å²) in [5.74, 6) is 1.54. The molecule has 0 aromatic rings. The van der Waals surface area contributed by atoms with Crippen LogP contribution in [0, 0.1) is 11.8 Å². The van der Waals surface area contributed by atoms with Crippen molar-refractivity contribution in [1.82, 2.24) is 10.2 Å². The summed E-state index contributed by atoms with van der Waals surface area (Å²) in [5, 5.41) is 3.40. The van der Waals surface area contributed by atoms with Gasteiger partial charge in [-0.1, -0.05) is 34.6 Å². The van der Waals surface area contributed by atoms with Crippen LogP contribution in [0.25, 0.3) is 0 Å². The van der Waals surface area contributed by atoms with Crippen molar-refractivity contribution in [3.05, 3.63) is 0 Å². The first-order valence-corrected chi connectivity index (χ1v) is 6.03. The topological polar surface area (TPSA) is 15.3 Å². The van der Waals surface area contributed by atoms with Crippen LogP contribution in [0.15, 0.2) is 0 Å². The van der Waals surface area contributed by atoms with Crippen molar-refractivity contribution in [3.63, 3.8) is 0 Å². The lowest BCUT2D eigenvalue weighted by atomic mass is 10.1. The van der Waals surface area contributed by atoms with Gasteiger partial charge in [-0.3, -0.25) is 0 Å². The molecule has 0 aromatic carbocycles. The second kappa shape index (κ2) is 8.25. The SMILES string of the molecule is CCNCC(C)CN(CC)CC(C)C. The molecule has 2 nitrogen and oxygen atoms in total. The van der Waals surface area contributed by atoms with Crippen molar-refractivity contribution < 1.29 is 0 Å². The third-order valence-corrected chi connectivity index (χ3v) is 2.38. The Morgan fingerprint density at radius 1 is 1.07 bits per heavy atom. The molecule has 0 saturated heterocycles. The second-order valence-electron chi connectivity index (χ2n) is 4.66. The summed E-state index contributed by atoms with van der Waals surface area (Å²) in [7, 11) is 0. The highest BCUT2D eigenvalue weighted by Crippen LogP contribution is 2.03. The molecular weight excluding hydrogens is 172 g/mol. The molecular formula is C12H28N2. The van der Waals surface area contributed by atoms with Crippen molar-refractivity contribution in [2.24, 2.45) is 11.8 Å². The minimum Gasteiger partial charge on any atom is -0.317 e. The summed E-state index contributed by atoms with van der Waals surface area (Å²) in [4.78, 5) is 2.55. The Balaban J connectivity index is 3.68. The summed E-state index contributed by atoms with van der Waals surface area (Å²) >= 11 is 0. The third-order valence-electron chi connectivity index (χ3n) is 2.38. The largest absolute Gasteiger partial charge is 0.317 e. The van der Waals surface area contributed by atoms with Gasteiger partial charge in [0.05, 0.1) is 0 Å². The Kier molecular flexibility index (Phi) is 8.20. The Labute approximate surface area is 90.1 Å². The van der Waals surface area contributed by atoms with E-state index in [1.165, 1.54) is 19.6 Å². The lowest BCUT2D eigenvalue weighted by Gasteiger charge is -2.26. The van der Waals surface area contributed by atoms with Crippen molar-refractivity contribution >= 4 is 0 Å². The zero-order valence-electron chi connectivity index (χ0n) is 10.6. The van der Waals surface area contributed by atoms with Crippen LogP contribution in [0.4, 0.5) is 0 Å². The van der Waals surface area contributed by atoms with Gasteiger partial charge in [-0.15, -0.1) is 0 Å². The molecule has 2 heteroatoms. The van der Waals surface area contributed by atoms with Gasteiger partial charge in [-0.2, -0.15) is 0 Å². The van der Waals surface area contributed by atoms with Crippen molar-refractivity contribution in [3.8, 4) is 0 Å². The highest BCUT2D eigenvalue weighted by atomic mass is 15.1. The maximum Gasteiger partial charge on any atom is 0.00191 e. The normalized spacial score (nSPS) is 13.9. The lowest BCUT2D eigenvalue weighted by Crippen LogP contribution is -2.35. The van der Waals surface area contributed by atoms with E-state index >= 15 is 0 Å². The van der Waals surface area contributed by atoms with Gasteiger partial charge in [-0.25, -0.2) is 0 Å². The number of nitrogens with one attached hydrogen (secondary N) is 1. The van der Waals surface area contributed by atoms with Gasteiger partial charge in [-0.05, 0) is 31.5 Å². The zero-order chi connectivity index (χ0) is 11.0. The Morgan fingerprint density at radius 2 is 1.71 bits per heavy atom. The molecule has 0 rings (SSSR count). The Bertz CT molecular complexity index is 123. The third kappa shape index (κ3) is 7.34. The molecule has 0 radical (unpaired) electrons. The van der Waals surface area contributed by atoms with Crippen LogP contribution in [0.2, 0.25) is 0 Å². The number of hydrogen-bond donors (Lipinski definition) is 1. The van der Waals surface area contributed by atoms with Crippen molar-refractivity contribution in [2.75, 3.05) is 32.7 Å². The predicted octanol–water partition coefficient (Wildman–Crippen LogP) is 2.21. The smallest absolute Gasteiger partial charge is 0.00191 e. The highest BCUT2D eigenvalue weighted by molar-refractivity contribution is 4.64. The fourth-order valence-corrected chi connectivity index (χ4v) is 1.75. The molecule has 0 aliphatic carbocycles. The van der Waals surface area contributed by atoms with Gasteiger partial charge < -0.3 is 10.2 Å². The predicted molar refractivity (Wildman–Crippen MR) is 64.7 cm³/mol. The van der Waals surface area contributed by atoms with Crippen LogP contribution >= 0.6 is 0 Å². The molecule has 14 heavy (non-hydrogen) atoms. The van der Waals surface area contributed by atoms with Crippen LogP contribution in [-0.2, 0) is 0 Å². The number of nitrogens with zero attached hydrogens (tertiary/aromatic N) is 1. The van der Waals surface area contributed by atoms with Gasteiger partial charge >= 0.3 is 0 Å². The Morgan fingerprint density at radius 3 is 2.14 bits per heavy atom. The highest BCUT2D eigenvalue weighted by Gasteiger charge is 2.09. The molecule has 0 aromatic heterocycles. The fourth-order valence-electron chi connectivity index (χ4n) is 1.75. The standard InChI is InChI=1S/C12H28N2/c1-6-13-8-12(5)10-14(7-2)9-11(3)4/h11-13H,6-10H2,1-5H3. The van der Waals surface area contributed by atoms with Gasteiger partial charge in [0.2, 0.25) is 0 Å². The first kappa shape index (κ1) is 13.9. The van der Waals surface area contributed by atoms with E-state index in [1.54, 1.807) is 0 Å². The van der Waals surface area contributed by atoms with Gasteiger partial charge in [0, 0.05) is 13.1 Å². The average molecular weight is 200 g/mol. The van der Waals surface area contributed by atoms with E-state index in [4.69, 9.17) is 0 Å². The molecule has 0 fully saturated rings. The Hall–Kier alpha value is -0.0800. The van der Waals surface area contributed by atoms with E-state index in [2.05, 4.69) is 44.8 Å². The molecule has 0 aliphatic rings. The first-order chi connectivity index (χ1) is 6.60. The second-order valence-corrected chi connectivity index (χ2v) is 4.66. The van der Waals surface area contributed by atoms with Crippen molar-refractivity contribution in [1.29, 1.82) is 0 Å². The maximum atomic E-state index is 3.40. The summed E-state index contributed by atoms with van der Waals surface area (Å²) in [5.41, 5.74) is 0. The molecule has 0 aliphatic heterocycles. The molecule has 1 N–H and O–H groups in total. The number of rotatable bonds is 8. The van der Waals surface area contributed by atoms with Gasteiger partial charge in [0.1, 0.15) is 0 Å². The lowest BCUT2D eigenvalue weighted by molar-refractivity contribution is 0.222.